The minimum atomic E-state index is -1.05. The number of carboxylic acid groups (broad SMARTS) is 1. The highest BCUT2D eigenvalue weighted by atomic mass is 35.5. The first-order valence-corrected chi connectivity index (χ1v) is 11.0. The van der Waals surface area contributed by atoms with Crippen LogP contribution < -0.4 is 16.0 Å². The Labute approximate surface area is 201 Å². The number of nitrogens with one attached hydrogen (secondary N) is 3. The van der Waals surface area contributed by atoms with Gasteiger partial charge in [-0.05, 0) is 50.6 Å². The van der Waals surface area contributed by atoms with E-state index in [1.807, 2.05) is 0 Å². The zero-order chi connectivity index (χ0) is 24.3. The monoisotopic (exact) mass is 493 g/mol. The van der Waals surface area contributed by atoms with Gasteiger partial charge in [0.25, 0.3) is 5.91 Å². The summed E-state index contributed by atoms with van der Waals surface area (Å²) >= 11 is 12.4. The molecule has 1 heterocycles. The number of ether oxygens (including phenoxy) is 1. The van der Waals surface area contributed by atoms with Gasteiger partial charge in [0.2, 0.25) is 0 Å². The van der Waals surface area contributed by atoms with E-state index >= 15 is 0 Å². The summed E-state index contributed by atoms with van der Waals surface area (Å²) in [6.45, 7) is 5.49. The molecule has 8 nitrogen and oxygen atoms in total. The molecule has 0 saturated heterocycles. The topological polar surface area (TPSA) is 117 Å². The molecule has 2 amide bonds. The van der Waals surface area contributed by atoms with Crippen LogP contribution in [-0.4, -0.2) is 34.7 Å². The number of carbonyl (C=O) groups is 3. The number of halogens is 2. The molecule has 2 atom stereocenters. The highest BCUT2D eigenvalue weighted by Crippen LogP contribution is 2.40. The molecule has 1 aliphatic rings. The maximum absolute atomic E-state index is 13.0. The zero-order valence-corrected chi connectivity index (χ0v) is 19.9. The fraction of sp³-hybridized carbons (Fsp3) is 0.348. The fourth-order valence-corrected chi connectivity index (χ4v) is 4.13. The molecule has 176 valence electrons. The van der Waals surface area contributed by atoms with Crippen molar-refractivity contribution in [1.29, 1.82) is 0 Å². The number of hydrogen-bond acceptors (Lipinski definition) is 5. The van der Waals surface area contributed by atoms with Crippen LogP contribution in [0.3, 0.4) is 0 Å². The molecule has 0 aromatic heterocycles. The Kier molecular flexibility index (Phi) is 7.39. The van der Waals surface area contributed by atoms with Crippen molar-refractivity contribution in [2.45, 2.75) is 51.4 Å². The Hall–Kier alpha value is -2.97. The maximum Gasteiger partial charge on any atom is 0.407 e. The number of aliphatic carboxylic acids is 1. The summed E-state index contributed by atoms with van der Waals surface area (Å²) in [6.07, 6.45) is -0.452. The van der Waals surface area contributed by atoms with Gasteiger partial charge in [0.15, 0.2) is 0 Å². The van der Waals surface area contributed by atoms with Crippen LogP contribution in [0.15, 0.2) is 36.4 Å². The highest BCUT2D eigenvalue weighted by molar-refractivity contribution is 6.35. The van der Waals surface area contributed by atoms with E-state index in [1.165, 1.54) is 0 Å². The van der Waals surface area contributed by atoms with Crippen LogP contribution in [0.4, 0.5) is 10.5 Å². The summed E-state index contributed by atoms with van der Waals surface area (Å²) in [7, 11) is 0. The number of rotatable bonds is 5. The van der Waals surface area contributed by atoms with E-state index in [0.717, 1.165) is 0 Å². The summed E-state index contributed by atoms with van der Waals surface area (Å²) in [5, 5.41) is 18.6. The third-order valence-electron chi connectivity index (χ3n) is 4.87. The van der Waals surface area contributed by atoms with Crippen molar-refractivity contribution >= 4 is 46.9 Å². The fourth-order valence-electron chi connectivity index (χ4n) is 3.50. The van der Waals surface area contributed by atoms with Gasteiger partial charge < -0.3 is 25.8 Å². The second-order valence-electron chi connectivity index (χ2n) is 8.70. The molecule has 0 fully saturated rings. The largest absolute Gasteiger partial charge is 0.480 e. The standard InChI is InChI=1S/C23H25Cl2N3O5/c1-23(2,3)33-22(32)26-11-12-5-4-6-13(7-12)20(29)28-17-10-18(21(30)31)27-16-9-14(24)8-15(25)19(16)17/h4-9,17-18,27H,10-11H2,1-3H3,(H,26,32)(H,28,29)(H,30,31)/t17-,18+/m1/s1. The average molecular weight is 494 g/mol. The van der Waals surface area contributed by atoms with Crippen LogP contribution in [0.2, 0.25) is 10.0 Å². The van der Waals surface area contributed by atoms with Gasteiger partial charge in [0, 0.05) is 39.8 Å². The lowest BCUT2D eigenvalue weighted by Gasteiger charge is -2.32. The van der Waals surface area contributed by atoms with Gasteiger partial charge in [-0.2, -0.15) is 0 Å². The van der Waals surface area contributed by atoms with Crippen molar-refractivity contribution < 1.29 is 24.2 Å². The normalized spacial score (nSPS) is 17.4. The zero-order valence-electron chi connectivity index (χ0n) is 18.4. The lowest BCUT2D eigenvalue weighted by molar-refractivity contribution is -0.138. The number of alkyl carbamates (subject to hydrolysis) is 1. The Balaban J connectivity index is 1.75. The number of carbonyl (C=O) groups excluding carboxylic acids is 2. The lowest BCUT2D eigenvalue weighted by Crippen LogP contribution is -2.41. The lowest BCUT2D eigenvalue weighted by atomic mass is 9.92. The second kappa shape index (κ2) is 9.89. The third kappa shape index (κ3) is 6.52. The number of amides is 2. The van der Waals surface area contributed by atoms with Crippen LogP contribution in [0.1, 0.15) is 54.7 Å². The molecule has 0 aliphatic carbocycles. The summed E-state index contributed by atoms with van der Waals surface area (Å²) in [6, 6.07) is 8.33. The number of carboxylic acids is 1. The van der Waals surface area contributed by atoms with Gasteiger partial charge >= 0.3 is 12.1 Å². The predicted molar refractivity (Wildman–Crippen MR) is 126 cm³/mol. The minimum absolute atomic E-state index is 0.106. The second-order valence-corrected chi connectivity index (χ2v) is 9.55. The molecule has 4 N–H and O–H groups in total. The predicted octanol–water partition coefficient (Wildman–Crippen LogP) is 4.76. The molecule has 2 aromatic carbocycles. The number of benzene rings is 2. The van der Waals surface area contributed by atoms with E-state index in [1.54, 1.807) is 57.2 Å². The quantitative estimate of drug-likeness (QED) is 0.477. The summed E-state index contributed by atoms with van der Waals surface area (Å²) < 4.78 is 5.21. The Morgan fingerprint density at radius 2 is 1.91 bits per heavy atom. The van der Waals surface area contributed by atoms with Crippen molar-refractivity contribution in [1.82, 2.24) is 10.6 Å². The van der Waals surface area contributed by atoms with Gasteiger partial charge in [-0.3, -0.25) is 4.79 Å². The average Bonchev–Trinajstić information content (AvgIpc) is 2.70. The molecule has 1 aliphatic heterocycles. The Morgan fingerprint density at radius 3 is 2.58 bits per heavy atom. The summed E-state index contributed by atoms with van der Waals surface area (Å²) in [5.41, 5.74) is 1.49. The molecule has 10 heteroatoms. The van der Waals surface area contributed by atoms with E-state index in [0.29, 0.717) is 32.4 Å². The van der Waals surface area contributed by atoms with Gasteiger partial charge in [0.05, 0.1) is 6.04 Å². The van der Waals surface area contributed by atoms with Gasteiger partial charge in [-0.25, -0.2) is 9.59 Å². The summed E-state index contributed by atoms with van der Waals surface area (Å²) in [5.74, 6) is -1.45. The smallest absolute Gasteiger partial charge is 0.407 e. The van der Waals surface area contributed by atoms with Crippen molar-refractivity contribution in [2.75, 3.05) is 5.32 Å². The van der Waals surface area contributed by atoms with Crippen LogP contribution in [0, 0.1) is 0 Å². The van der Waals surface area contributed by atoms with Crippen LogP contribution in [0.5, 0.6) is 0 Å². The molecule has 0 spiro atoms. The van der Waals surface area contributed by atoms with E-state index in [2.05, 4.69) is 16.0 Å². The van der Waals surface area contributed by atoms with E-state index < -0.39 is 35.7 Å². The summed E-state index contributed by atoms with van der Waals surface area (Å²) in [4.78, 5) is 36.5. The molecule has 0 radical (unpaired) electrons. The molecule has 3 rings (SSSR count). The van der Waals surface area contributed by atoms with Crippen molar-refractivity contribution in [3.8, 4) is 0 Å². The maximum atomic E-state index is 13.0. The first-order chi connectivity index (χ1) is 15.4. The molecular formula is C23H25Cl2N3O5. The molecule has 0 saturated carbocycles. The Morgan fingerprint density at radius 1 is 1.18 bits per heavy atom. The van der Waals surface area contributed by atoms with Gasteiger partial charge in [-0.1, -0.05) is 35.3 Å². The first-order valence-electron chi connectivity index (χ1n) is 10.3. The van der Waals surface area contributed by atoms with E-state index in [-0.39, 0.29) is 13.0 Å². The van der Waals surface area contributed by atoms with Gasteiger partial charge in [-0.15, -0.1) is 0 Å². The van der Waals surface area contributed by atoms with Crippen molar-refractivity contribution in [3.63, 3.8) is 0 Å². The van der Waals surface area contributed by atoms with Crippen LogP contribution in [0.25, 0.3) is 0 Å². The first kappa shape index (κ1) is 24.7. The molecule has 33 heavy (non-hydrogen) atoms. The minimum Gasteiger partial charge on any atom is -0.480 e. The molecule has 0 bridgehead atoms. The molecule has 2 aromatic rings. The van der Waals surface area contributed by atoms with E-state index in [9.17, 15) is 19.5 Å². The molecular weight excluding hydrogens is 469 g/mol. The number of fused-ring (bicyclic) bond motifs is 1. The van der Waals surface area contributed by atoms with Crippen LogP contribution >= 0.6 is 23.2 Å². The van der Waals surface area contributed by atoms with Crippen molar-refractivity contribution in [3.05, 3.63) is 63.1 Å². The van der Waals surface area contributed by atoms with Crippen molar-refractivity contribution in [2.24, 2.45) is 0 Å². The number of anilines is 1. The Bertz CT molecular complexity index is 1080. The highest BCUT2D eigenvalue weighted by Gasteiger charge is 2.33. The van der Waals surface area contributed by atoms with E-state index in [4.69, 9.17) is 27.9 Å². The van der Waals surface area contributed by atoms with Gasteiger partial charge in [0.1, 0.15) is 11.6 Å². The number of hydrogen-bond donors (Lipinski definition) is 4. The SMILES string of the molecule is CC(C)(C)OC(=O)NCc1cccc(C(=O)N[C@@H]2C[C@@H](C(=O)O)Nc3cc(Cl)cc(Cl)c32)c1. The van der Waals surface area contributed by atoms with Crippen LogP contribution in [-0.2, 0) is 16.1 Å². The molecule has 0 unspecified atom stereocenters. The third-order valence-corrected chi connectivity index (χ3v) is 5.40.